The largest absolute Gasteiger partial charge is 0.467 e. The Labute approximate surface area is 179 Å². The maximum absolute atomic E-state index is 13.1. The van der Waals surface area contributed by atoms with Crippen LogP contribution in [0.2, 0.25) is 0 Å². The number of rotatable bonds is 7. The van der Waals surface area contributed by atoms with E-state index in [0.717, 1.165) is 6.07 Å². The lowest BCUT2D eigenvalue weighted by Gasteiger charge is -2.12. The van der Waals surface area contributed by atoms with E-state index >= 15 is 0 Å². The number of benzene rings is 2. The van der Waals surface area contributed by atoms with Crippen LogP contribution in [0.1, 0.15) is 21.7 Å². The standard InChI is InChI=1S/C21H16N4O5S/c22-19(26)13-7-8-14(18(10-13)25(28)29)12-31-21-23-17-6-2-1-5-16(17)20(27)24(21)11-15-4-3-9-30-15/h1-10H,11-12H2,(H2,22,26). The zero-order valence-electron chi connectivity index (χ0n) is 16.1. The van der Waals surface area contributed by atoms with Gasteiger partial charge in [0.2, 0.25) is 5.91 Å². The number of thioether (sulfide) groups is 1. The van der Waals surface area contributed by atoms with Crippen LogP contribution in [0, 0.1) is 10.1 Å². The van der Waals surface area contributed by atoms with E-state index in [1.165, 1.54) is 34.7 Å². The first-order chi connectivity index (χ1) is 14.9. The molecule has 0 fully saturated rings. The third-order valence-electron chi connectivity index (χ3n) is 4.64. The van der Waals surface area contributed by atoms with E-state index in [1.54, 1.807) is 36.4 Å². The summed E-state index contributed by atoms with van der Waals surface area (Å²) in [5, 5.41) is 12.3. The number of carbonyl (C=O) groups excluding carboxylic acids is 1. The van der Waals surface area contributed by atoms with Crippen LogP contribution in [0.4, 0.5) is 5.69 Å². The molecule has 4 aromatic rings. The van der Waals surface area contributed by atoms with E-state index in [4.69, 9.17) is 10.2 Å². The van der Waals surface area contributed by atoms with E-state index in [0.29, 0.717) is 27.4 Å². The van der Waals surface area contributed by atoms with Crippen molar-refractivity contribution in [1.29, 1.82) is 0 Å². The fraction of sp³-hybridized carbons (Fsp3) is 0.0952. The van der Waals surface area contributed by atoms with Crippen LogP contribution in [0.5, 0.6) is 0 Å². The molecule has 2 aromatic carbocycles. The number of fused-ring (bicyclic) bond motifs is 1. The summed E-state index contributed by atoms with van der Waals surface area (Å²) in [5.41, 5.74) is 5.74. The Balaban J connectivity index is 1.74. The topological polar surface area (TPSA) is 134 Å². The van der Waals surface area contributed by atoms with E-state index in [2.05, 4.69) is 4.98 Å². The fourth-order valence-corrected chi connectivity index (χ4v) is 4.10. The minimum atomic E-state index is -0.745. The maximum Gasteiger partial charge on any atom is 0.274 e. The summed E-state index contributed by atoms with van der Waals surface area (Å²) in [4.78, 5) is 40.0. The van der Waals surface area contributed by atoms with Crippen LogP contribution in [0.15, 0.2) is 75.2 Å². The third kappa shape index (κ3) is 4.19. The van der Waals surface area contributed by atoms with Gasteiger partial charge in [-0.25, -0.2) is 4.98 Å². The zero-order chi connectivity index (χ0) is 22.0. The second kappa shape index (κ2) is 8.44. The Hall–Kier alpha value is -3.92. The average molecular weight is 436 g/mol. The second-order valence-electron chi connectivity index (χ2n) is 6.64. The number of furan rings is 1. The van der Waals surface area contributed by atoms with Gasteiger partial charge < -0.3 is 10.2 Å². The lowest BCUT2D eigenvalue weighted by Crippen LogP contribution is -2.23. The number of amides is 1. The summed E-state index contributed by atoms with van der Waals surface area (Å²) in [6.45, 7) is 0.175. The lowest BCUT2D eigenvalue weighted by molar-refractivity contribution is -0.385. The van der Waals surface area contributed by atoms with Crippen LogP contribution >= 0.6 is 11.8 Å². The summed E-state index contributed by atoms with van der Waals surface area (Å²) >= 11 is 1.19. The van der Waals surface area contributed by atoms with Gasteiger partial charge in [0.15, 0.2) is 5.16 Å². The predicted octanol–water partition coefficient (Wildman–Crippen LogP) is 3.34. The molecule has 0 saturated carbocycles. The minimum absolute atomic E-state index is 0.0546. The summed E-state index contributed by atoms with van der Waals surface area (Å²) in [5.74, 6) is 0.00164. The van der Waals surface area contributed by atoms with Gasteiger partial charge >= 0.3 is 0 Å². The van der Waals surface area contributed by atoms with Gasteiger partial charge in [0.05, 0.1) is 28.6 Å². The number of primary amides is 1. The van der Waals surface area contributed by atoms with Crippen molar-refractivity contribution in [2.24, 2.45) is 5.73 Å². The molecule has 31 heavy (non-hydrogen) atoms. The Kier molecular flexibility index (Phi) is 5.54. The van der Waals surface area contributed by atoms with Crippen molar-refractivity contribution in [2.45, 2.75) is 17.5 Å². The molecule has 9 nitrogen and oxygen atoms in total. The molecule has 0 aliphatic rings. The summed E-state index contributed by atoms with van der Waals surface area (Å²) < 4.78 is 6.86. The highest BCUT2D eigenvalue weighted by Gasteiger charge is 2.19. The number of nitrogens with zero attached hydrogens (tertiary/aromatic N) is 3. The van der Waals surface area contributed by atoms with Gasteiger partial charge in [-0.2, -0.15) is 0 Å². The number of nitro groups is 1. The normalized spacial score (nSPS) is 11.0. The van der Waals surface area contributed by atoms with Crippen LogP contribution < -0.4 is 11.3 Å². The van der Waals surface area contributed by atoms with Crippen molar-refractivity contribution in [2.75, 3.05) is 0 Å². The van der Waals surface area contributed by atoms with Crippen LogP contribution in [-0.2, 0) is 12.3 Å². The molecule has 1 amide bonds. The highest BCUT2D eigenvalue weighted by atomic mass is 32.2. The molecular weight excluding hydrogens is 420 g/mol. The van der Waals surface area contributed by atoms with Crippen LogP contribution in [-0.4, -0.2) is 20.4 Å². The van der Waals surface area contributed by atoms with Gasteiger partial charge in [-0.3, -0.25) is 24.3 Å². The van der Waals surface area contributed by atoms with E-state index in [1.807, 2.05) is 0 Å². The van der Waals surface area contributed by atoms with Crippen molar-refractivity contribution in [3.8, 4) is 0 Å². The predicted molar refractivity (Wildman–Crippen MR) is 115 cm³/mol. The minimum Gasteiger partial charge on any atom is -0.467 e. The van der Waals surface area contributed by atoms with Crippen molar-refractivity contribution >= 4 is 34.3 Å². The molecule has 0 radical (unpaired) electrons. The molecule has 2 heterocycles. The third-order valence-corrected chi connectivity index (χ3v) is 5.67. The quantitative estimate of drug-likeness (QED) is 0.203. The molecule has 0 bridgehead atoms. The smallest absolute Gasteiger partial charge is 0.274 e. The van der Waals surface area contributed by atoms with Crippen molar-refractivity contribution in [3.05, 3.63) is 98.2 Å². The highest BCUT2D eigenvalue weighted by molar-refractivity contribution is 7.98. The first-order valence-electron chi connectivity index (χ1n) is 9.16. The van der Waals surface area contributed by atoms with Crippen molar-refractivity contribution in [3.63, 3.8) is 0 Å². The SMILES string of the molecule is NC(=O)c1ccc(CSc2nc3ccccc3c(=O)n2Cc2ccco2)c([N+](=O)[O-])c1. The number of hydrogen-bond acceptors (Lipinski definition) is 7. The van der Waals surface area contributed by atoms with Crippen LogP contribution in [0.25, 0.3) is 10.9 Å². The molecular formula is C21H16N4O5S. The summed E-state index contributed by atoms with van der Waals surface area (Å²) in [7, 11) is 0. The number of aromatic nitrogens is 2. The number of nitro benzene ring substituents is 1. The number of hydrogen-bond donors (Lipinski definition) is 1. The van der Waals surface area contributed by atoms with Gasteiger partial charge in [0.25, 0.3) is 11.2 Å². The average Bonchev–Trinajstić information content (AvgIpc) is 3.27. The highest BCUT2D eigenvalue weighted by Crippen LogP contribution is 2.28. The summed E-state index contributed by atoms with van der Waals surface area (Å²) in [6.07, 6.45) is 1.52. The Morgan fingerprint density at radius 3 is 2.71 bits per heavy atom. The molecule has 156 valence electrons. The molecule has 2 aromatic heterocycles. The molecule has 0 aliphatic heterocycles. The van der Waals surface area contributed by atoms with Crippen molar-refractivity contribution < 1.29 is 14.1 Å². The van der Waals surface area contributed by atoms with Gasteiger partial charge in [0, 0.05) is 22.9 Å². The van der Waals surface area contributed by atoms with Gasteiger partial charge in [-0.15, -0.1) is 0 Å². The van der Waals surface area contributed by atoms with E-state index < -0.39 is 10.8 Å². The second-order valence-corrected chi connectivity index (χ2v) is 7.58. The molecule has 2 N–H and O–H groups in total. The molecule has 4 rings (SSSR count). The molecule has 0 atom stereocenters. The van der Waals surface area contributed by atoms with E-state index in [9.17, 15) is 19.7 Å². The van der Waals surface area contributed by atoms with Crippen molar-refractivity contribution in [1.82, 2.24) is 9.55 Å². The van der Waals surface area contributed by atoms with E-state index in [-0.39, 0.29) is 29.1 Å². The fourth-order valence-electron chi connectivity index (χ4n) is 3.11. The first-order valence-corrected chi connectivity index (χ1v) is 10.1. The number of carbonyl (C=O) groups is 1. The first kappa shape index (κ1) is 20.4. The summed E-state index contributed by atoms with van der Waals surface area (Å²) in [6, 6.07) is 14.5. The molecule has 0 spiro atoms. The maximum atomic E-state index is 13.1. The number of para-hydroxylation sites is 1. The van der Waals surface area contributed by atoms with Gasteiger partial charge in [-0.05, 0) is 30.3 Å². The molecule has 10 heteroatoms. The Morgan fingerprint density at radius 1 is 1.19 bits per heavy atom. The Morgan fingerprint density at radius 2 is 2.00 bits per heavy atom. The zero-order valence-corrected chi connectivity index (χ0v) is 16.9. The Bertz CT molecular complexity index is 1350. The number of nitrogens with two attached hydrogens (primary N) is 1. The molecule has 0 unspecified atom stereocenters. The lowest BCUT2D eigenvalue weighted by atomic mass is 10.1. The molecule has 0 aliphatic carbocycles. The van der Waals surface area contributed by atoms with Gasteiger partial charge in [0.1, 0.15) is 5.76 Å². The van der Waals surface area contributed by atoms with Gasteiger partial charge in [-0.1, -0.05) is 30.0 Å². The monoisotopic (exact) mass is 436 g/mol. The molecule has 0 saturated heterocycles. The van der Waals surface area contributed by atoms with Crippen LogP contribution in [0.3, 0.4) is 0 Å².